The molecule has 0 aliphatic heterocycles. The lowest BCUT2D eigenvalue weighted by atomic mass is 9.93. The summed E-state index contributed by atoms with van der Waals surface area (Å²) in [6.45, 7) is 0. The number of hydrogen-bond acceptors (Lipinski definition) is 2. The van der Waals surface area contributed by atoms with E-state index < -0.39 is 0 Å². The maximum atomic E-state index is 2.51. The second kappa shape index (κ2) is 19.5. The van der Waals surface area contributed by atoms with Crippen molar-refractivity contribution < 1.29 is 0 Å². The molecule has 0 bridgehead atoms. The average Bonchev–Trinajstić information content (AvgIpc) is 2.23. The fourth-order valence-corrected chi connectivity index (χ4v) is 13.2. The SMILES string of the molecule is c1ccc(-c2cccc3c4cccc(N(c5ccccc5)c5cc6cc(N(c7ccccc7)c7cccc8c9cccc(-c%10ccccc%10)c9n(-c9ccccc9)c78)c7ccccc7c6c6ccccc56)c4n(-c4ccccc4)c23)cc1. The Hall–Kier alpha value is -10.9. The molecule has 0 atom stereocenters. The molecular weight excluding hydrogens is 993 g/mol. The monoisotopic (exact) mass is 1040 g/mol. The highest BCUT2D eigenvalue weighted by Crippen LogP contribution is 2.52. The number of aromatic nitrogens is 2. The lowest BCUT2D eigenvalue weighted by Gasteiger charge is -2.31. The first kappa shape index (κ1) is 47.1. The van der Waals surface area contributed by atoms with E-state index in [2.05, 4.69) is 334 Å². The van der Waals surface area contributed by atoms with Crippen molar-refractivity contribution in [1.82, 2.24) is 9.13 Å². The van der Waals surface area contributed by atoms with E-state index in [-0.39, 0.29) is 0 Å². The minimum Gasteiger partial charge on any atom is -0.308 e. The summed E-state index contributed by atoms with van der Waals surface area (Å²) in [6.07, 6.45) is 0. The van der Waals surface area contributed by atoms with E-state index in [0.717, 1.165) is 72.7 Å². The van der Waals surface area contributed by atoms with Crippen LogP contribution in [0.25, 0.3) is 110 Å². The maximum Gasteiger partial charge on any atom is 0.0782 e. The third kappa shape index (κ3) is 7.46. The number of rotatable bonds is 10. The molecule has 4 nitrogen and oxygen atoms in total. The fourth-order valence-electron chi connectivity index (χ4n) is 13.2. The van der Waals surface area contributed by atoms with E-state index >= 15 is 0 Å². The van der Waals surface area contributed by atoms with E-state index in [1.807, 2.05) is 0 Å². The van der Waals surface area contributed by atoms with Gasteiger partial charge in [-0.3, -0.25) is 0 Å². The van der Waals surface area contributed by atoms with Gasteiger partial charge in [-0.15, -0.1) is 0 Å². The van der Waals surface area contributed by atoms with Crippen LogP contribution in [0.2, 0.25) is 0 Å². The second-order valence-corrected chi connectivity index (χ2v) is 21.1. The number of benzene rings is 14. The number of hydrogen-bond donors (Lipinski definition) is 0. The highest BCUT2D eigenvalue weighted by atomic mass is 15.2. The molecule has 4 heteroatoms. The zero-order valence-electron chi connectivity index (χ0n) is 44.8. The summed E-state index contributed by atoms with van der Waals surface area (Å²) < 4.78 is 5.01. The molecule has 16 aromatic rings. The van der Waals surface area contributed by atoms with Gasteiger partial charge in [-0.1, -0.05) is 243 Å². The van der Waals surface area contributed by atoms with Crippen LogP contribution in [0.4, 0.5) is 34.1 Å². The molecule has 16 rings (SSSR count). The average molecular weight is 1050 g/mol. The summed E-state index contributed by atoms with van der Waals surface area (Å²) in [7, 11) is 0. The van der Waals surface area contributed by atoms with Crippen molar-refractivity contribution in [2.24, 2.45) is 0 Å². The van der Waals surface area contributed by atoms with Gasteiger partial charge in [0.1, 0.15) is 0 Å². The smallest absolute Gasteiger partial charge is 0.0782 e. The molecule has 2 aromatic heterocycles. The van der Waals surface area contributed by atoms with Gasteiger partial charge in [-0.05, 0) is 105 Å². The number of fused-ring (bicyclic) bond motifs is 11. The van der Waals surface area contributed by atoms with Gasteiger partial charge in [0.15, 0.2) is 0 Å². The molecule has 14 aromatic carbocycles. The normalized spacial score (nSPS) is 11.7. The highest BCUT2D eigenvalue weighted by Gasteiger charge is 2.28. The molecule has 82 heavy (non-hydrogen) atoms. The predicted octanol–water partition coefficient (Wildman–Crippen LogP) is 21.6. The maximum absolute atomic E-state index is 2.51. The molecule has 384 valence electrons. The Morgan fingerprint density at radius 2 is 0.524 bits per heavy atom. The molecule has 0 saturated carbocycles. The minimum atomic E-state index is 1.06. The van der Waals surface area contributed by atoms with Crippen molar-refractivity contribution in [2.75, 3.05) is 9.80 Å². The quantitative estimate of drug-likeness (QED) is 0.127. The Kier molecular flexibility index (Phi) is 11.2. The van der Waals surface area contributed by atoms with E-state index in [4.69, 9.17) is 0 Å². The van der Waals surface area contributed by atoms with Gasteiger partial charge in [0.05, 0.1) is 44.8 Å². The standard InChI is InChI=1S/C78H52N4/c1-7-27-53(28-8-1)60-43-23-45-66-68-47-25-49-70(77(68)81(75(60)66)58-35-15-5-16-36-58)79(56-31-11-3-12-32-56)72-51-55-52-73(63-40-20-22-42-65(63)74(55)64-41-21-19-39-62(64)72)80(57-33-13-4-14-34-57)71-50-26-48-69-67-46-24-44-61(54-29-9-2-10-30-54)76(67)82(78(69)71)59-37-17-6-18-38-59/h1-52H. The molecule has 0 aliphatic rings. The van der Waals surface area contributed by atoms with Crippen LogP contribution in [0.1, 0.15) is 0 Å². The molecule has 0 radical (unpaired) electrons. The molecule has 0 unspecified atom stereocenters. The van der Waals surface area contributed by atoms with Gasteiger partial charge in [-0.25, -0.2) is 0 Å². The second-order valence-electron chi connectivity index (χ2n) is 21.1. The first-order chi connectivity index (χ1) is 40.8. The van der Waals surface area contributed by atoms with Gasteiger partial charge in [0, 0.05) is 66.2 Å². The van der Waals surface area contributed by atoms with Crippen LogP contribution >= 0.6 is 0 Å². The molecule has 0 N–H and O–H groups in total. The first-order valence-corrected chi connectivity index (χ1v) is 28.2. The van der Waals surface area contributed by atoms with Crippen LogP contribution in [0.5, 0.6) is 0 Å². The molecule has 0 amide bonds. The van der Waals surface area contributed by atoms with E-state index in [9.17, 15) is 0 Å². The summed E-state index contributed by atoms with van der Waals surface area (Å²) >= 11 is 0. The largest absolute Gasteiger partial charge is 0.308 e. The Balaban J connectivity index is 1.01. The zero-order valence-corrected chi connectivity index (χ0v) is 44.8. The van der Waals surface area contributed by atoms with Crippen molar-refractivity contribution in [3.8, 4) is 33.6 Å². The van der Waals surface area contributed by atoms with E-state index in [0.29, 0.717) is 0 Å². The molecule has 2 heterocycles. The summed E-state index contributed by atoms with van der Waals surface area (Å²) in [4.78, 5) is 5.02. The fraction of sp³-hybridized carbons (Fsp3) is 0. The van der Waals surface area contributed by atoms with Gasteiger partial charge < -0.3 is 18.9 Å². The summed E-state index contributed by atoms with van der Waals surface area (Å²) in [5, 5.41) is 11.8. The first-order valence-electron chi connectivity index (χ1n) is 28.2. The van der Waals surface area contributed by atoms with Crippen LogP contribution < -0.4 is 9.80 Å². The topological polar surface area (TPSA) is 16.3 Å². The van der Waals surface area contributed by atoms with Crippen LogP contribution in [-0.2, 0) is 0 Å². The Morgan fingerprint density at radius 1 is 0.220 bits per heavy atom. The number of nitrogens with zero attached hydrogens (tertiary/aromatic N) is 4. The van der Waals surface area contributed by atoms with Crippen molar-refractivity contribution in [3.05, 3.63) is 315 Å². The lowest BCUT2D eigenvalue weighted by molar-refractivity contribution is 1.17. The molecule has 0 fully saturated rings. The van der Waals surface area contributed by atoms with Crippen LogP contribution in [0.3, 0.4) is 0 Å². The van der Waals surface area contributed by atoms with E-state index in [1.165, 1.54) is 71.0 Å². The molecule has 0 aliphatic carbocycles. The van der Waals surface area contributed by atoms with Crippen LogP contribution in [0.15, 0.2) is 315 Å². The van der Waals surface area contributed by atoms with E-state index in [1.54, 1.807) is 0 Å². The zero-order chi connectivity index (χ0) is 54.1. The van der Waals surface area contributed by atoms with Crippen molar-refractivity contribution in [1.29, 1.82) is 0 Å². The van der Waals surface area contributed by atoms with Gasteiger partial charge in [-0.2, -0.15) is 0 Å². The minimum absolute atomic E-state index is 1.06. The van der Waals surface area contributed by atoms with Crippen molar-refractivity contribution in [2.45, 2.75) is 0 Å². The summed E-state index contributed by atoms with van der Waals surface area (Å²) in [5.41, 5.74) is 18.0. The molecular formula is C78H52N4. The summed E-state index contributed by atoms with van der Waals surface area (Å²) in [5.74, 6) is 0. The van der Waals surface area contributed by atoms with Crippen molar-refractivity contribution in [3.63, 3.8) is 0 Å². The Bertz CT molecular complexity index is 4750. The van der Waals surface area contributed by atoms with Crippen LogP contribution in [0, 0.1) is 0 Å². The van der Waals surface area contributed by atoms with Gasteiger partial charge in [0.2, 0.25) is 0 Å². The lowest BCUT2D eigenvalue weighted by Crippen LogP contribution is -2.13. The summed E-state index contributed by atoms with van der Waals surface area (Å²) in [6, 6.07) is 115. The van der Waals surface area contributed by atoms with Crippen molar-refractivity contribution >= 4 is 110 Å². The predicted molar refractivity (Wildman–Crippen MR) is 348 cm³/mol. The number of para-hydroxylation sites is 8. The Labute approximate surface area is 475 Å². The van der Waals surface area contributed by atoms with Gasteiger partial charge in [0.25, 0.3) is 0 Å². The van der Waals surface area contributed by atoms with Gasteiger partial charge >= 0.3 is 0 Å². The Morgan fingerprint density at radius 3 is 0.915 bits per heavy atom. The molecule has 0 saturated heterocycles. The molecule has 0 spiro atoms. The highest BCUT2D eigenvalue weighted by molar-refractivity contribution is 6.28. The van der Waals surface area contributed by atoms with Crippen LogP contribution in [-0.4, -0.2) is 9.13 Å². The third-order valence-corrected chi connectivity index (χ3v) is 16.6. The third-order valence-electron chi connectivity index (χ3n) is 16.6. The number of anilines is 6.